The summed E-state index contributed by atoms with van der Waals surface area (Å²) in [5, 5.41) is 2.99. The lowest BCUT2D eigenvalue weighted by atomic mass is 9.88. The summed E-state index contributed by atoms with van der Waals surface area (Å²) >= 11 is 0. The van der Waals surface area contributed by atoms with Crippen LogP contribution < -0.4 is 5.32 Å². The van der Waals surface area contributed by atoms with Gasteiger partial charge in [0.1, 0.15) is 0 Å². The highest BCUT2D eigenvalue weighted by Gasteiger charge is 2.40. The lowest BCUT2D eigenvalue weighted by Gasteiger charge is -2.18. The van der Waals surface area contributed by atoms with Crippen LogP contribution >= 0.6 is 0 Å². The second-order valence-electron chi connectivity index (χ2n) is 7.06. The predicted octanol–water partition coefficient (Wildman–Crippen LogP) is 2.60. The molecule has 26 heavy (non-hydrogen) atoms. The zero-order chi connectivity index (χ0) is 18.5. The molecule has 1 aromatic heterocycles. The number of amides is 2. The van der Waals surface area contributed by atoms with Crippen molar-refractivity contribution >= 4 is 11.8 Å². The maximum Gasteiger partial charge on any atom is 0.225 e. The van der Waals surface area contributed by atoms with E-state index in [1.54, 1.807) is 6.20 Å². The minimum atomic E-state index is -0.246. The lowest BCUT2D eigenvalue weighted by Crippen LogP contribution is -2.36. The molecule has 1 aliphatic heterocycles. The molecule has 3 rings (SSSR count). The Morgan fingerprint density at radius 2 is 1.85 bits per heavy atom. The second-order valence-corrected chi connectivity index (χ2v) is 7.06. The van der Waals surface area contributed by atoms with Crippen molar-refractivity contribution in [3.8, 4) is 0 Å². The molecule has 1 N–H and O–H groups in total. The van der Waals surface area contributed by atoms with Gasteiger partial charge in [0.25, 0.3) is 0 Å². The van der Waals surface area contributed by atoms with Crippen molar-refractivity contribution in [2.45, 2.75) is 26.3 Å². The van der Waals surface area contributed by atoms with Crippen molar-refractivity contribution in [1.29, 1.82) is 0 Å². The Balaban J connectivity index is 1.75. The fourth-order valence-electron chi connectivity index (χ4n) is 3.46. The molecule has 1 saturated heterocycles. The monoisotopic (exact) mass is 351 g/mol. The average molecular weight is 351 g/mol. The smallest absolute Gasteiger partial charge is 0.225 e. The number of rotatable bonds is 5. The molecule has 5 heteroatoms. The van der Waals surface area contributed by atoms with Gasteiger partial charge in [-0.3, -0.25) is 14.6 Å². The number of pyridine rings is 1. The minimum absolute atomic E-state index is 0.0163. The molecule has 0 aliphatic carbocycles. The fraction of sp³-hybridized carbons (Fsp3) is 0.381. The molecule has 136 valence electrons. The van der Waals surface area contributed by atoms with Gasteiger partial charge in [-0.15, -0.1) is 0 Å². The van der Waals surface area contributed by atoms with Crippen LogP contribution in [0.5, 0.6) is 0 Å². The van der Waals surface area contributed by atoms with Crippen molar-refractivity contribution in [3.63, 3.8) is 0 Å². The number of benzene rings is 1. The van der Waals surface area contributed by atoms with Gasteiger partial charge in [0.2, 0.25) is 11.8 Å². The number of nitrogens with one attached hydrogen (secondary N) is 1. The summed E-state index contributed by atoms with van der Waals surface area (Å²) in [6.07, 6.45) is 1.72. The molecule has 0 saturated carbocycles. The van der Waals surface area contributed by atoms with E-state index in [0.29, 0.717) is 19.6 Å². The Bertz CT molecular complexity index is 746. The largest absolute Gasteiger partial charge is 0.350 e. The van der Waals surface area contributed by atoms with E-state index in [1.165, 1.54) is 0 Å². The van der Waals surface area contributed by atoms with Gasteiger partial charge < -0.3 is 10.2 Å². The maximum atomic E-state index is 12.9. The van der Waals surface area contributed by atoms with E-state index in [-0.39, 0.29) is 29.6 Å². The van der Waals surface area contributed by atoms with E-state index in [1.807, 2.05) is 67.3 Å². The van der Waals surface area contributed by atoms with Crippen molar-refractivity contribution in [2.24, 2.45) is 11.8 Å². The first-order valence-corrected chi connectivity index (χ1v) is 9.07. The van der Waals surface area contributed by atoms with Gasteiger partial charge in [0, 0.05) is 31.1 Å². The molecule has 1 aliphatic rings. The number of carbonyl (C=O) groups excluding carboxylic acids is 2. The van der Waals surface area contributed by atoms with E-state index in [4.69, 9.17) is 0 Å². The van der Waals surface area contributed by atoms with Crippen LogP contribution in [-0.4, -0.2) is 34.8 Å². The Hall–Kier alpha value is -2.69. The van der Waals surface area contributed by atoms with Gasteiger partial charge in [-0.1, -0.05) is 50.2 Å². The average Bonchev–Trinajstić information content (AvgIpc) is 3.12. The number of hydrogen-bond donors (Lipinski definition) is 1. The number of aromatic nitrogens is 1. The first kappa shape index (κ1) is 18.1. The molecule has 0 bridgehead atoms. The third-order valence-electron chi connectivity index (χ3n) is 4.86. The van der Waals surface area contributed by atoms with Crippen molar-refractivity contribution in [2.75, 3.05) is 13.1 Å². The minimum Gasteiger partial charge on any atom is -0.350 e. The zero-order valence-electron chi connectivity index (χ0n) is 15.3. The van der Waals surface area contributed by atoms with Crippen molar-refractivity contribution in [1.82, 2.24) is 15.2 Å². The topological polar surface area (TPSA) is 62.3 Å². The van der Waals surface area contributed by atoms with Crippen LogP contribution in [-0.2, 0) is 16.1 Å². The first-order valence-electron chi connectivity index (χ1n) is 9.07. The molecule has 2 heterocycles. The third kappa shape index (κ3) is 4.10. The molecule has 2 atom stereocenters. The number of likely N-dealkylation sites (tertiary alicyclic amines) is 1. The molecule has 5 nitrogen and oxygen atoms in total. The zero-order valence-corrected chi connectivity index (χ0v) is 15.3. The van der Waals surface area contributed by atoms with Crippen LogP contribution in [0.3, 0.4) is 0 Å². The molecule has 0 unspecified atom stereocenters. The molecule has 2 aromatic rings. The number of nitrogens with zero attached hydrogens (tertiary/aromatic N) is 2. The van der Waals surface area contributed by atoms with Crippen LogP contribution in [0.2, 0.25) is 0 Å². The summed E-state index contributed by atoms with van der Waals surface area (Å²) in [6.45, 7) is 5.24. The highest BCUT2D eigenvalue weighted by Crippen LogP contribution is 2.33. The Morgan fingerprint density at radius 3 is 2.50 bits per heavy atom. The molecule has 1 aromatic carbocycles. The Kier molecular flexibility index (Phi) is 5.66. The Morgan fingerprint density at radius 1 is 1.12 bits per heavy atom. The first-order chi connectivity index (χ1) is 12.6. The predicted molar refractivity (Wildman–Crippen MR) is 100 cm³/mol. The van der Waals surface area contributed by atoms with E-state index in [2.05, 4.69) is 10.3 Å². The van der Waals surface area contributed by atoms with Crippen LogP contribution in [0.1, 0.15) is 31.0 Å². The number of hydrogen-bond acceptors (Lipinski definition) is 3. The maximum absolute atomic E-state index is 12.9. The van der Waals surface area contributed by atoms with Crippen molar-refractivity contribution < 1.29 is 9.59 Å². The Labute approximate surface area is 154 Å². The molecule has 0 radical (unpaired) electrons. The summed E-state index contributed by atoms with van der Waals surface area (Å²) < 4.78 is 0. The van der Waals surface area contributed by atoms with Crippen LogP contribution in [0, 0.1) is 11.8 Å². The standard InChI is InChI=1S/C21H25N3O2/c1-15(2)21(26)24-13-18(16-8-4-3-5-9-16)19(14-24)20(25)23-12-17-10-6-7-11-22-17/h3-11,15,18-19H,12-14H2,1-2H3,(H,23,25)/t18-,19-/m0/s1. The van der Waals surface area contributed by atoms with E-state index in [0.717, 1.165) is 11.3 Å². The third-order valence-corrected chi connectivity index (χ3v) is 4.86. The fourth-order valence-corrected chi connectivity index (χ4v) is 3.46. The van der Waals surface area contributed by atoms with Crippen LogP contribution in [0.25, 0.3) is 0 Å². The van der Waals surface area contributed by atoms with Gasteiger partial charge in [0.05, 0.1) is 18.2 Å². The summed E-state index contributed by atoms with van der Waals surface area (Å²) in [5.41, 5.74) is 1.93. The summed E-state index contributed by atoms with van der Waals surface area (Å²) in [6, 6.07) is 15.6. The van der Waals surface area contributed by atoms with E-state index in [9.17, 15) is 9.59 Å². The molecular formula is C21H25N3O2. The number of carbonyl (C=O) groups is 2. The highest BCUT2D eigenvalue weighted by atomic mass is 16.2. The normalized spacial score (nSPS) is 19.6. The summed E-state index contributed by atoms with van der Waals surface area (Å²) in [5.74, 6) is -0.220. The van der Waals surface area contributed by atoms with E-state index < -0.39 is 0 Å². The molecule has 2 amide bonds. The highest BCUT2D eigenvalue weighted by molar-refractivity contribution is 5.84. The second kappa shape index (κ2) is 8.13. The molecular weight excluding hydrogens is 326 g/mol. The summed E-state index contributed by atoms with van der Waals surface area (Å²) in [7, 11) is 0. The van der Waals surface area contributed by atoms with E-state index >= 15 is 0 Å². The van der Waals surface area contributed by atoms with Gasteiger partial charge >= 0.3 is 0 Å². The SMILES string of the molecule is CC(C)C(=O)N1C[C@H](C(=O)NCc2ccccn2)[C@H](c2ccccc2)C1. The van der Waals surface area contributed by atoms with Crippen LogP contribution in [0.4, 0.5) is 0 Å². The van der Waals surface area contributed by atoms with Gasteiger partial charge in [-0.2, -0.15) is 0 Å². The molecule has 0 spiro atoms. The van der Waals surface area contributed by atoms with Gasteiger partial charge in [0.15, 0.2) is 0 Å². The quantitative estimate of drug-likeness (QED) is 0.901. The molecule has 1 fully saturated rings. The summed E-state index contributed by atoms with van der Waals surface area (Å²) in [4.78, 5) is 31.4. The lowest BCUT2D eigenvalue weighted by molar-refractivity contribution is -0.133. The van der Waals surface area contributed by atoms with Crippen LogP contribution in [0.15, 0.2) is 54.7 Å². The van der Waals surface area contributed by atoms with Gasteiger partial charge in [-0.05, 0) is 17.7 Å². The van der Waals surface area contributed by atoms with Crippen molar-refractivity contribution in [3.05, 3.63) is 66.0 Å². The van der Waals surface area contributed by atoms with Gasteiger partial charge in [-0.25, -0.2) is 0 Å².